The largest absolute Gasteiger partial charge is 0.339 e. The number of rotatable bonds is 4. The maximum absolute atomic E-state index is 12.9. The van der Waals surface area contributed by atoms with Crippen molar-refractivity contribution >= 4 is 11.4 Å². The van der Waals surface area contributed by atoms with Crippen LogP contribution in [-0.4, -0.2) is 42.8 Å². The summed E-state index contributed by atoms with van der Waals surface area (Å²) in [5.41, 5.74) is 3.22. The van der Waals surface area contributed by atoms with Crippen LogP contribution in [0.25, 0.3) is 16.8 Å². The molecule has 31 heavy (non-hydrogen) atoms. The van der Waals surface area contributed by atoms with E-state index in [9.17, 15) is 9.59 Å². The van der Waals surface area contributed by atoms with Gasteiger partial charge >= 0.3 is 0 Å². The number of amides is 1. The lowest BCUT2D eigenvalue weighted by Gasteiger charge is -2.32. The number of aromatic nitrogens is 4. The lowest BCUT2D eigenvalue weighted by Crippen LogP contribution is -2.40. The van der Waals surface area contributed by atoms with Gasteiger partial charge in [-0.1, -0.05) is 6.07 Å². The summed E-state index contributed by atoms with van der Waals surface area (Å²) in [6.45, 7) is 2.03. The second kappa shape index (κ2) is 8.18. The van der Waals surface area contributed by atoms with Crippen molar-refractivity contribution in [2.75, 3.05) is 13.1 Å². The van der Waals surface area contributed by atoms with E-state index in [-0.39, 0.29) is 11.5 Å². The molecule has 1 aliphatic rings. The normalized spacial score (nSPS) is 14.8. The van der Waals surface area contributed by atoms with Crippen LogP contribution >= 0.6 is 0 Å². The van der Waals surface area contributed by atoms with Gasteiger partial charge in [-0.05, 0) is 49.1 Å². The smallest absolute Gasteiger partial charge is 0.255 e. The molecule has 7 heteroatoms. The Hall–Kier alpha value is -3.74. The lowest BCUT2D eigenvalue weighted by molar-refractivity contribution is 0.0682. The van der Waals surface area contributed by atoms with Crippen LogP contribution in [0.2, 0.25) is 0 Å². The van der Waals surface area contributed by atoms with Crippen LogP contribution < -0.4 is 5.56 Å². The molecule has 0 saturated carbocycles. The molecule has 1 fully saturated rings. The van der Waals surface area contributed by atoms with Gasteiger partial charge in [0.2, 0.25) is 0 Å². The molecule has 0 aliphatic carbocycles. The Balaban J connectivity index is 1.22. The molecule has 7 nitrogen and oxygen atoms in total. The molecule has 5 rings (SSSR count). The molecule has 4 aromatic rings. The Morgan fingerprint density at radius 2 is 1.87 bits per heavy atom. The molecule has 1 saturated heterocycles. The van der Waals surface area contributed by atoms with Crippen molar-refractivity contribution in [2.24, 2.45) is 5.92 Å². The van der Waals surface area contributed by atoms with Gasteiger partial charge in [-0.3, -0.25) is 19.1 Å². The average molecular weight is 413 g/mol. The van der Waals surface area contributed by atoms with E-state index in [2.05, 4.69) is 9.97 Å². The zero-order valence-electron chi connectivity index (χ0n) is 17.1. The Morgan fingerprint density at radius 3 is 2.61 bits per heavy atom. The van der Waals surface area contributed by atoms with Gasteiger partial charge in [0.25, 0.3) is 11.5 Å². The third kappa shape index (κ3) is 3.99. The number of pyridine rings is 2. The van der Waals surface area contributed by atoms with E-state index in [1.54, 1.807) is 29.4 Å². The molecule has 0 atom stereocenters. The fourth-order valence-corrected chi connectivity index (χ4v) is 4.20. The van der Waals surface area contributed by atoms with Crippen molar-refractivity contribution in [1.82, 2.24) is 23.8 Å². The van der Waals surface area contributed by atoms with Gasteiger partial charge in [-0.2, -0.15) is 0 Å². The molecular formula is C24H23N5O2. The molecule has 0 aromatic carbocycles. The van der Waals surface area contributed by atoms with Crippen molar-refractivity contribution in [3.63, 3.8) is 0 Å². The standard InChI is InChI=1S/C24H23N5O2/c30-23-14-22(19-4-8-25-9-5-19)26-17-29(23)15-18-6-11-27(12-7-18)24(31)20-13-21-3-1-2-10-28(21)16-20/h1-5,8-10,13-14,16-18H,6-7,11-12,15H2. The fraction of sp³-hybridized carbons (Fsp3) is 0.250. The Labute approximate surface area is 179 Å². The molecule has 1 aliphatic heterocycles. The second-order valence-electron chi connectivity index (χ2n) is 8.00. The molecule has 0 unspecified atom stereocenters. The van der Waals surface area contributed by atoms with Gasteiger partial charge in [-0.25, -0.2) is 4.98 Å². The lowest BCUT2D eigenvalue weighted by atomic mass is 9.96. The van der Waals surface area contributed by atoms with Crippen LogP contribution in [0.4, 0.5) is 0 Å². The first-order chi connectivity index (χ1) is 15.2. The molecule has 1 amide bonds. The highest BCUT2D eigenvalue weighted by atomic mass is 16.2. The number of piperidine rings is 1. The third-order valence-electron chi connectivity index (χ3n) is 5.96. The van der Waals surface area contributed by atoms with Crippen LogP contribution in [-0.2, 0) is 6.54 Å². The minimum Gasteiger partial charge on any atom is -0.339 e. The van der Waals surface area contributed by atoms with Crippen LogP contribution in [0.15, 0.2) is 78.4 Å². The summed E-state index contributed by atoms with van der Waals surface area (Å²) in [5, 5.41) is 0. The molecule has 156 valence electrons. The number of fused-ring (bicyclic) bond motifs is 1. The molecule has 0 bridgehead atoms. The van der Waals surface area contributed by atoms with Gasteiger partial charge in [0.1, 0.15) is 0 Å². The topological polar surface area (TPSA) is 72.5 Å². The molecule has 0 spiro atoms. The molecule has 5 heterocycles. The van der Waals surface area contributed by atoms with Gasteiger partial charge in [0.15, 0.2) is 0 Å². The van der Waals surface area contributed by atoms with Gasteiger partial charge in [0.05, 0.1) is 17.6 Å². The van der Waals surface area contributed by atoms with Crippen LogP contribution in [0.5, 0.6) is 0 Å². The predicted octanol–water partition coefficient (Wildman–Crippen LogP) is 3.11. The zero-order valence-corrected chi connectivity index (χ0v) is 17.1. The maximum atomic E-state index is 12.9. The van der Waals surface area contributed by atoms with E-state index >= 15 is 0 Å². The summed E-state index contributed by atoms with van der Waals surface area (Å²) < 4.78 is 3.64. The van der Waals surface area contributed by atoms with E-state index in [4.69, 9.17) is 0 Å². The van der Waals surface area contributed by atoms with E-state index in [0.717, 1.165) is 29.5 Å². The fourth-order valence-electron chi connectivity index (χ4n) is 4.20. The van der Waals surface area contributed by atoms with Gasteiger partial charge < -0.3 is 9.30 Å². The highest BCUT2D eigenvalue weighted by Gasteiger charge is 2.25. The van der Waals surface area contributed by atoms with Crippen LogP contribution in [0.1, 0.15) is 23.2 Å². The SMILES string of the molecule is O=C(c1cc2ccccn2c1)N1CCC(Cn2cnc(-c3ccncc3)cc2=O)CC1. The molecule has 4 aromatic heterocycles. The van der Waals surface area contributed by atoms with Crippen molar-refractivity contribution in [3.05, 3.63) is 89.5 Å². The Kier molecular flexibility index (Phi) is 5.08. The summed E-state index contributed by atoms with van der Waals surface area (Å²) in [5.74, 6) is 0.422. The predicted molar refractivity (Wildman–Crippen MR) is 118 cm³/mol. The first-order valence-electron chi connectivity index (χ1n) is 10.5. The zero-order chi connectivity index (χ0) is 21.2. The highest BCUT2D eigenvalue weighted by molar-refractivity contribution is 5.95. The quantitative estimate of drug-likeness (QED) is 0.515. The Morgan fingerprint density at radius 1 is 1.06 bits per heavy atom. The maximum Gasteiger partial charge on any atom is 0.255 e. The Bertz CT molecular complexity index is 1240. The van der Waals surface area contributed by atoms with Crippen molar-refractivity contribution < 1.29 is 4.79 Å². The number of nitrogens with zero attached hydrogens (tertiary/aromatic N) is 5. The van der Waals surface area contributed by atoms with E-state index in [0.29, 0.717) is 31.2 Å². The first-order valence-corrected chi connectivity index (χ1v) is 10.5. The van der Waals surface area contributed by atoms with Crippen LogP contribution in [0.3, 0.4) is 0 Å². The van der Waals surface area contributed by atoms with E-state index in [1.807, 2.05) is 58.1 Å². The number of hydrogen-bond donors (Lipinski definition) is 0. The monoisotopic (exact) mass is 413 g/mol. The van der Waals surface area contributed by atoms with Crippen molar-refractivity contribution in [2.45, 2.75) is 19.4 Å². The number of carbonyl (C=O) groups excluding carboxylic acids is 1. The second-order valence-corrected chi connectivity index (χ2v) is 8.00. The summed E-state index contributed by atoms with van der Waals surface area (Å²) >= 11 is 0. The number of carbonyl (C=O) groups is 1. The molecule has 0 radical (unpaired) electrons. The number of likely N-dealkylation sites (tertiary alicyclic amines) is 1. The van der Waals surface area contributed by atoms with E-state index in [1.165, 1.54) is 0 Å². The summed E-state index contributed by atoms with van der Waals surface area (Å²) in [6.07, 6.45) is 10.6. The number of hydrogen-bond acceptors (Lipinski definition) is 4. The van der Waals surface area contributed by atoms with Gasteiger partial charge in [-0.15, -0.1) is 0 Å². The summed E-state index contributed by atoms with van der Waals surface area (Å²) in [7, 11) is 0. The van der Waals surface area contributed by atoms with Gasteiger partial charge in [0, 0.05) is 61.6 Å². The van der Waals surface area contributed by atoms with Crippen molar-refractivity contribution in [1.29, 1.82) is 0 Å². The summed E-state index contributed by atoms with van der Waals surface area (Å²) in [6, 6.07) is 13.1. The molecular weight excluding hydrogens is 390 g/mol. The molecule has 0 N–H and O–H groups in total. The minimum absolute atomic E-state index is 0.0548. The van der Waals surface area contributed by atoms with E-state index < -0.39 is 0 Å². The first kappa shape index (κ1) is 19.2. The minimum atomic E-state index is -0.0548. The highest BCUT2D eigenvalue weighted by Crippen LogP contribution is 2.21. The average Bonchev–Trinajstić information content (AvgIpc) is 3.25. The third-order valence-corrected chi connectivity index (χ3v) is 5.96. The van der Waals surface area contributed by atoms with Crippen LogP contribution in [0, 0.1) is 5.92 Å². The van der Waals surface area contributed by atoms with Crippen molar-refractivity contribution in [3.8, 4) is 11.3 Å². The summed E-state index contributed by atoms with van der Waals surface area (Å²) in [4.78, 5) is 35.8.